The van der Waals surface area contributed by atoms with Crippen molar-refractivity contribution in [1.82, 2.24) is 15.0 Å². The Morgan fingerprint density at radius 2 is 2.10 bits per heavy atom. The lowest BCUT2D eigenvalue weighted by molar-refractivity contribution is 0.193. The first kappa shape index (κ1) is 19.8. The van der Waals surface area contributed by atoms with E-state index in [9.17, 15) is 13.6 Å². The molecule has 2 amide bonds. The molecule has 0 unspecified atom stereocenters. The Morgan fingerprint density at radius 1 is 1.27 bits per heavy atom. The van der Waals surface area contributed by atoms with Gasteiger partial charge in [0.25, 0.3) is 0 Å². The summed E-state index contributed by atoms with van der Waals surface area (Å²) in [6, 6.07) is 7.87. The van der Waals surface area contributed by atoms with Crippen molar-refractivity contribution >= 4 is 11.7 Å². The molecule has 1 N–H and O–H groups in total. The van der Waals surface area contributed by atoms with Gasteiger partial charge in [0, 0.05) is 12.6 Å². The van der Waals surface area contributed by atoms with Gasteiger partial charge in [-0.05, 0) is 49.6 Å². The lowest BCUT2D eigenvalue weighted by atomic mass is 10.2. The van der Waals surface area contributed by atoms with Gasteiger partial charge in [-0.25, -0.2) is 13.6 Å². The molecule has 0 spiro atoms. The van der Waals surface area contributed by atoms with Crippen LogP contribution in [0.2, 0.25) is 0 Å². The fourth-order valence-corrected chi connectivity index (χ4v) is 3.52. The second kappa shape index (κ2) is 8.10. The van der Waals surface area contributed by atoms with Gasteiger partial charge in [0.15, 0.2) is 0 Å². The number of aromatic nitrogens is 2. The lowest BCUT2D eigenvalue weighted by Crippen LogP contribution is -2.34. The molecule has 1 aromatic heterocycles. The minimum Gasteiger partial charge on any atom is -0.495 e. The molecular weight excluding hydrogens is 394 g/mol. The number of hydrogen-bond acceptors (Lipinski definition) is 5. The molecule has 2 aromatic carbocycles. The summed E-state index contributed by atoms with van der Waals surface area (Å²) in [4.78, 5) is 18.8. The number of nitrogens with zero attached hydrogens (tertiary/aromatic N) is 3. The van der Waals surface area contributed by atoms with E-state index in [1.54, 1.807) is 11.0 Å². The van der Waals surface area contributed by atoms with Gasteiger partial charge in [0.2, 0.25) is 11.7 Å². The van der Waals surface area contributed by atoms with Crippen molar-refractivity contribution in [2.45, 2.75) is 25.8 Å². The second-order valence-electron chi connectivity index (χ2n) is 7.07. The topological polar surface area (TPSA) is 80.5 Å². The standard InChI is InChI=1S/C21H20F2N4O3/c1-12-5-8-18(29-2)16(10-12)24-21(28)27-9-3-4-17(27)20-25-19(26-30-20)14-7-6-13(22)11-15(14)23/h5-8,10-11,17H,3-4,9H2,1-2H3,(H,24,28)/t17-/m1/s1. The minimum absolute atomic E-state index is 0.00936. The summed E-state index contributed by atoms with van der Waals surface area (Å²) in [6.07, 6.45) is 1.39. The van der Waals surface area contributed by atoms with Crippen molar-refractivity contribution in [3.05, 3.63) is 59.5 Å². The van der Waals surface area contributed by atoms with Crippen molar-refractivity contribution in [3.8, 4) is 17.1 Å². The first-order valence-corrected chi connectivity index (χ1v) is 9.47. The van der Waals surface area contributed by atoms with Crippen LogP contribution in [0.15, 0.2) is 40.9 Å². The van der Waals surface area contributed by atoms with Gasteiger partial charge in [-0.2, -0.15) is 4.98 Å². The SMILES string of the molecule is COc1ccc(C)cc1NC(=O)N1CCC[C@@H]1c1nc(-c2ccc(F)cc2F)no1. The highest BCUT2D eigenvalue weighted by molar-refractivity contribution is 5.91. The normalized spacial score (nSPS) is 16.0. The second-order valence-corrected chi connectivity index (χ2v) is 7.07. The number of nitrogens with one attached hydrogen (secondary N) is 1. The molecular formula is C21H20F2N4O3. The highest BCUT2D eigenvalue weighted by Gasteiger charge is 2.34. The van der Waals surface area contributed by atoms with Gasteiger partial charge in [0.1, 0.15) is 23.4 Å². The van der Waals surface area contributed by atoms with Gasteiger partial charge < -0.3 is 19.5 Å². The molecule has 1 fully saturated rings. The summed E-state index contributed by atoms with van der Waals surface area (Å²) >= 11 is 0. The zero-order valence-corrected chi connectivity index (χ0v) is 16.5. The number of ether oxygens (including phenoxy) is 1. The summed E-state index contributed by atoms with van der Waals surface area (Å²) in [7, 11) is 1.54. The number of carbonyl (C=O) groups excluding carboxylic acids is 1. The Balaban J connectivity index is 1.55. The monoisotopic (exact) mass is 414 g/mol. The summed E-state index contributed by atoms with van der Waals surface area (Å²) in [5, 5.41) is 6.68. The van der Waals surface area contributed by atoms with Crippen LogP contribution >= 0.6 is 0 Å². The Labute approximate surface area is 171 Å². The van der Waals surface area contributed by atoms with Crippen LogP contribution in [0.1, 0.15) is 30.3 Å². The highest BCUT2D eigenvalue weighted by Crippen LogP contribution is 2.34. The Hall–Kier alpha value is -3.49. The Bertz CT molecular complexity index is 1090. The van der Waals surface area contributed by atoms with Crippen LogP contribution in [0.5, 0.6) is 5.75 Å². The minimum atomic E-state index is -0.782. The summed E-state index contributed by atoms with van der Waals surface area (Å²) in [5.74, 6) is -0.704. The number of carbonyl (C=O) groups is 1. The van der Waals surface area contributed by atoms with Crippen molar-refractivity contribution < 1.29 is 22.8 Å². The largest absolute Gasteiger partial charge is 0.495 e. The molecule has 0 aliphatic carbocycles. The molecule has 9 heteroatoms. The molecule has 0 bridgehead atoms. The van der Waals surface area contributed by atoms with Gasteiger partial charge >= 0.3 is 6.03 Å². The van der Waals surface area contributed by atoms with Crippen LogP contribution < -0.4 is 10.1 Å². The van der Waals surface area contributed by atoms with E-state index < -0.39 is 17.7 Å². The predicted octanol–water partition coefficient (Wildman–Crippen LogP) is 4.70. The smallest absolute Gasteiger partial charge is 0.322 e. The molecule has 1 aliphatic heterocycles. The average Bonchev–Trinajstić information content (AvgIpc) is 3.37. The molecule has 3 aromatic rings. The molecule has 1 atom stereocenters. The van der Waals surface area contributed by atoms with Crippen LogP contribution in [0.4, 0.5) is 19.3 Å². The van der Waals surface area contributed by atoms with Gasteiger partial charge in [0.05, 0.1) is 18.4 Å². The quantitative estimate of drug-likeness (QED) is 0.669. The van der Waals surface area contributed by atoms with E-state index in [4.69, 9.17) is 9.26 Å². The Morgan fingerprint density at radius 3 is 2.87 bits per heavy atom. The zero-order chi connectivity index (χ0) is 21.3. The van der Waals surface area contributed by atoms with Crippen LogP contribution in [0, 0.1) is 18.6 Å². The van der Waals surface area contributed by atoms with Crippen LogP contribution in [-0.2, 0) is 0 Å². The Kier molecular flexibility index (Phi) is 5.35. The fraction of sp³-hybridized carbons (Fsp3) is 0.286. The maximum absolute atomic E-state index is 14.0. The molecule has 156 valence electrons. The van der Waals surface area contributed by atoms with E-state index in [0.29, 0.717) is 24.4 Å². The number of aryl methyl sites for hydroxylation is 1. The summed E-state index contributed by atoms with van der Waals surface area (Å²) in [5.41, 5.74) is 1.57. The lowest BCUT2D eigenvalue weighted by Gasteiger charge is -2.23. The van der Waals surface area contributed by atoms with Gasteiger partial charge in [-0.15, -0.1) is 0 Å². The van der Waals surface area contributed by atoms with Crippen LogP contribution in [0.25, 0.3) is 11.4 Å². The van der Waals surface area contributed by atoms with Crippen molar-refractivity contribution in [2.24, 2.45) is 0 Å². The number of benzene rings is 2. The molecule has 1 saturated heterocycles. The molecule has 2 heterocycles. The van der Waals surface area contributed by atoms with Gasteiger partial charge in [-0.1, -0.05) is 11.2 Å². The zero-order valence-electron chi connectivity index (χ0n) is 16.5. The van der Waals surface area contributed by atoms with Gasteiger partial charge in [-0.3, -0.25) is 0 Å². The number of hydrogen-bond donors (Lipinski definition) is 1. The van der Waals surface area contributed by atoms with Crippen molar-refractivity contribution in [1.29, 1.82) is 0 Å². The number of likely N-dealkylation sites (tertiary alicyclic amines) is 1. The summed E-state index contributed by atoms with van der Waals surface area (Å²) in [6.45, 7) is 2.43. The van der Waals surface area contributed by atoms with E-state index in [1.165, 1.54) is 13.2 Å². The van der Waals surface area contributed by atoms with E-state index in [-0.39, 0.29) is 23.3 Å². The molecule has 0 radical (unpaired) electrons. The van der Waals surface area contributed by atoms with E-state index in [0.717, 1.165) is 24.1 Å². The maximum atomic E-state index is 14.0. The average molecular weight is 414 g/mol. The van der Waals surface area contributed by atoms with Crippen molar-refractivity contribution in [2.75, 3.05) is 19.0 Å². The molecule has 4 rings (SSSR count). The third-order valence-electron chi connectivity index (χ3n) is 5.01. The number of urea groups is 1. The van der Waals surface area contributed by atoms with E-state index in [2.05, 4.69) is 15.5 Å². The molecule has 7 nitrogen and oxygen atoms in total. The van der Waals surface area contributed by atoms with Crippen LogP contribution in [-0.4, -0.2) is 34.7 Å². The third kappa shape index (κ3) is 3.83. The first-order valence-electron chi connectivity index (χ1n) is 9.47. The first-order chi connectivity index (χ1) is 14.5. The van der Waals surface area contributed by atoms with E-state index >= 15 is 0 Å². The van der Waals surface area contributed by atoms with E-state index in [1.807, 2.05) is 19.1 Å². The number of rotatable bonds is 4. The number of anilines is 1. The highest BCUT2D eigenvalue weighted by atomic mass is 19.1. The number of amides is 2. The summed E-state index contributed by atoms with van der Waals surface area (Å²) < 4.78 is 37.8. The van der Waals surface area contributed by atoms with Crippen molar-refractivity contribution in [3.63, 3.8) is 0 Å². The fourth-order valence-electron chi connectivity index (χ4n) is 3.52. The number of methoxy groups -OCH3 is 1. The molecule has 1 aliphatic rings. The third-order valence-corrected chi connectivity index (χ3v) is 5.01. The molecule has 30 heavy (non-hydrogen) atoms. The van der Waals surface area contributed by atoms with Crippen LogP contribution in [0.3, 0.4) is 0 Å². The molecule has 0 saturated carbocycles. The predicted molar refractivity (Wildman–Crippen MR) is 105 cm³/mol. The maximum Gasteiger partial charge on any atom is 0.322 e. The number of halogens is 2.